The molecule has 0 aliphatic carbocycles. The highest BCUT2D eigenvalue weighted by atomic mass is 32.1. The molecule has 1 fully saturated rings. The van der Waals surface area contributed by atoms with Crippen molar-refractivity contribution in [2.75, 3.05) is 27.2 Å². The van der Waals surface area contributed by atoms with Crippen LogP contribution >= 0.6 is 12.2 Å². The molecular formula is C26H27N5S. The monoisotopic (exact) mass is 441 g/mol. The van der Waals surface area contributed by atoms with Gasteiger partial charge in [0.05, 0.1) is 17.8 Å². The van der Waals surface area contributed by atoms with E-state index in [1.165, 1.54) is 16.5 Å². The lowest BCUT2D eigenvalue weighted by Crippen LogP contribution is -2.36. The topological polar surface area (TPSA) is 36.3 Å². The summed E-state index contributed by atoms with van der Waals surface area (Å²) >= 11 is 5.80. The predicted octanol–water partition coefficient (Wildman–Crippen LogP) is 4.56. The fraction of sp³-hybridized carbons (Fsp3) is 0.231. The van der Waals surface area contributed by atoms with Crippen LogP contribution in [0.3, 0.4) is 0 Å². The molecule has 5 rings (SSSR count). The summed E-state index contributed by atoms with van der Waals surface area (Å²) < 4.78 is 2.28. The minimum Gasteiger partial charge on any atom is -0.352 e. The molecule has 2 aromatic carbocycles. The van der Waals surface area contributed by atoms with E-state index < -0.39 is 0 Å². The van der Waals surface area contributed by atoms with Crippen LogP contribution < -0.4 is 5.32 Å². The van der Waals surface area contributed by atoms with E-state index in [9.17, 15) is 0 Å². The summed E-state index contributed by atoms with van der Waals surface area (Å²) in [6.45, 7) is 1.76. The molecule has 1 aliphatic rings. The summed E-state index contributed by atoms with van der Waals surface area (Å²) in [4.78, 5) is 9.16. The quantitative estimate of drug-likeness (QED) is 0.444. The van der Waals surface area contributed by atoms with E-state index in [0.29, 0.717) is 0 Å². The smallest absolute Gasteiger partial charge is 0.170 e. The van der Waals surface area contributed by atoms with E-state index in [4.69, 9.17) is 12.2 Å². The second kappa shape index (κ2) is 8.73. The summed E-state index contributed by atoms with van der Waals surface area (Å²) in [5.74, 6) is 0. The van der Waals surface area contributed by atoms with Gasteiger partial charge in [-0.2, -0.15) is 0 Å². The van der Waals surface area contributed by atoms with E-state index in [1.807, 2.05) is 18.3 Å². The molecule has 2 aromatic heterocycles. The number of rotatable bonds is 6. The van der Waals surface area contributed by atoms with E-state index in [-0.39, 0.29) is 12.1 Å². The lowest BCUT2D eigenvalue weighted by atomic mass is 10.0. The first-order valence-corrected chi connectivity index (χ1v) is 11.3. The highest BCUT2D eigenvalue weighted by molar-refractivity contribution is 7.80. The van der Waals surface area contributed by atoms with Crippen molar-refractivity contribution in [1.82, 2.24) is 24.7 Å². The number of pyridine rings is 1. The number of aromatic nitrogens is 2. The molecule has 0 radical (unpaired) electrons. The standard InChI is InChI=1S/C26H27N5S/c1-29(2)16-17-31-25(24(28-26(31)32)22-10-5-6-14-27-22)23-11-7-15-30(23)21-13-12-19-8-3-4-9-20(19)18-21/h3-15,18,24-25H,16-17H2,1-2H3,(H,28,32)/t24-,25-/m0/s1. The van der Waals surface area contributed by atoms with Gasteiger partial charge in [-0.15, -0.1) is 0 Å². The Labute approximate surface area is 194 Å². The van der Waals surface area contributed by atoms with Crippen molar-refractivity contribution in [2.45, 2.75) is 12.1 Å². The van der Waals surface area contributed by atoms with Crippen molar-refractivity contribution >= 4 is 28.1 Å². The molecule has 1 aliphatic heterocycles. The molecule has 0 saturated carbocycles. The third-order valence-corrected chi connectivity index (χ3v) is 6.43. The van der Waals surface area contributed by atoms with E-state index in [0.717, 1.165) is 29.6 Å². The summed E-state index contributed by atoms with van der Waals surface area (Å²) in [6, 6.07) is 25.5. The third kappa shape index (κ3) is 3.87. The van der Waals surface area contributed by atoms with Gasteiger partial charge in [-0.1, -0.05) is 36.4 Å². The molecule has 6 heteroatoms. The lowest BCUT2D eigenvalue weighted by molar-refractivity contribution is 0.272. The zero-order chi connectivity index (χ0) is 22.1. The molecular weight excluding hydrogens is 414 g/mol. The van der Waals surface area contributed by atoms with E-state index in [2.05, 4.69) is 106 Å². The van der Waals surface area contributed by atoms with Gasteiger partial charge in [-0.25, -0.2) is 0 Å². The fourth-order valence-electron chi connectivity index (χ4n) is 4.47. The number of fused-ring (bicyclic) bond motifs is 1. The average Bonchev–Trinajstić information content (AvgIpc) is 3.42. The van der Waals surface area contributed by atoms with Crippen LogP contribution in [0.1, 0.15) is 23.5 Å². The van der Waals surface area contributed by atoms with E-state index in [1.54, 1.807) is 0 Å². The van der Waals surface area contributed by atoms with Crippen LogP contribution in [-0.4, -0.2) is 51.6 Å². The highest BCUT2D eigenvalue weighted by Gasteiger charge is 2.41. The Morgan fingerprint density at radius 2 is 1.78 bits per heavy atom. The first-order chi connectivity index (χ1) is 15.6. The van der Waals surface area contributed by atoms with E-state index >= 15 is 0 Å². The number of nitrogens with zero attached hydrogens (tertiary/aromatic N) is 4. The Kier molecular flexibility index (Phi) is 5.64. The molecule has 32 heavy (non-hydrogen) atoms. The van der Waals surface area contributed by atoms with Gasteiger partial charge in [0.25, 0.3) is 0 Å². The SMILES string of the molecule is CN(C)CCN1C(=S)N[C@@H](c2ccccn2)[C@@H]1c1cccn1-c1ccc2ccccc2c1. The molecule has 0 spiro atoms. The Bertz CT molecular complexity index is 1230. The third-order valence-electron chi connectivity index (χ3n) is 6.08. The molecule has 0 unspecified atom stereocenters. The summed E-state index contributed by atoms with van der Waals surface area (Å²) in [6.07, 6.45) is 3.99. The van der Waals surface area contributed by atoms with Gasteiger partial charge < -0.3 is 19.7 Å². The number of hydrogen-bond donors (Lipinski definition) is 1. The molecule has 1 saturated heterocycles. The first kappa shape index (κ1) is 20.7. The molecule has 0 amide bonds. The predicted molar refractivity (Wildman–Crippen MR) is 134 cm³/mol. The van der Waals surface area contributed by atoms with Crippen molar-refractivity contribution in [1.29, 1.82) is 0 Å². The van der Waals surface area contributed by atoms with Crippen molar-refractivity contribution in [3.05, 3.63) is 96.6 Å². The molecule has 4 aromatic rings. The fourth-order valence-corrected chi connectivity index (χ4v) is 4.80. The van der Waals surface area contributed by atoms with Crippen molar-refractivity contribution in [3.8, 4) is 5.69 Å². The van der Waals surface area contributed by atoms with Crippen LogP contribution in [-0.2, 0) is 0 Å². The average molecular weight is 442 g/mol. The van der Waals surface area contributed by atoms with Crippen molar-refractivity contribution in [3.63, 3.8) is 0 Å². The molecule has 3 heterocycles. The Morgan fingerprint density at radius 1 is 0.969 bits per heavy atom. The van der Waals surface area contributed by atoms with Crippen molar-refractivity contribution in [2.24, 2.45) is 0 Å². The number of thiocarbonyl (C=S) groups is 1. The summed E-state index contributed by atoms with van der Waals surface area (Å²) in [5, 5.41) is 6.81. The number of benzene rings is 2. The van der Waals surface area contributed by atoms with Gasteiger partial charge in [0.2, 0.25) is 0 Å². The van der Waals surface area contributed by atoms with Gasteiger partial charge in [0.15, 0.2) is 5.11 Å². The minimum atomic E-state index is -0.0139. The maximum Gasteiger partial charge on any atom is 0.170 e. The van der Waals surface area contributed by atoms with Gasteiger partial charge in [-0.05, 0) is 73.5 Å². The zero-order valence-electron chi connectivity index (χ0n) is 18.3. The molecule has 2 atom stereocenters. The second-order valence-electron chi connectivity index (χ2n) is 8.46. The van der Waals surface area contributed by atoms with Crippen LogP contribution in [0.2, 0.25) is 0 Å². The number of nitrogens with one attached hydrogen (secondary N) is 1. The highest BCUT2D eigenvalue weighted by Crippen LogP contribution is 2.39. The van der Waals surface area contributed by atoms with Crippen LogP contribution in [0.15, 0.2) is 85.2 Å². The zero-order valence-corrected chi connectivity index (χ0v) is 19.2. The van der Waals surface area contributed by atoms with Gasteiger partial charge in [0, 0.05) is 36.9 Å². The van der Waals surface area contributed by atoms with Crippen LogP contribution in [0.5, 0.6) is 0 Å². The maximum atomic E-state index is 5.80. The largest absolute Gasteiger partial charge is 0.352 e. The second-order valence-corrected chi connectivity index (χ2v) is 8.84. The minimum absolute atomic E-state index is 0.0139. The number of hydrogen-bond acceptors (Lipinski definition) is 3. The normalized spacial score (nSPS) is 18.5. The molecule has 162 valence electrons. The van der Waals surface area contributed by atoms with Crippen LogP contribution in [0.25, 0.3) is 16.5 Å². The first-order valence-electron chi connectivity index (χ1n) is 10.9. The number of likely N-dealkylation sites (N-methyl/N-ethyl adjacent to an activating group) is 1. The Hall–Kier alpha value is -3.22. The van der Waals surface area contributed by atoms with Gasteiger partial charge in [-0.3, -0.25) is 4.98 Å². The lowest BCUT2D eigenvalue weighted by Gasteiger charge is -2.29. The summed E-state index contributed by atoms with van der Waals surface area (Å²) in [5.41, 5.74) is 3.34. The van der Waals surface area contributed by atoms with Gasteiger partial charge in [0.1, 0.15) is 0 Å². The molecule has 1 N–H and O–H groups in total. The summed E-state index contributed by atoms with van der Waals surface area (Å²) in [7, 11) is 4.19. The maximum absolute atomic E-state index is 5.80. The van der Waals surface area contributed by atoms with Crippen molar-refractivity contribution < 1.29 is 0 Å². The van der Waals surface area contributed by atoms with Gasteiger partial charge >= 0.3 is 0 Å². The van der Waals surface area contributed by atoms with Crippen LogP contribution in [0, 0.1) is 0 Å². The van der Waals surface area contributed by atoms with Crippen LogP contribution in [0.4, 0.5) is 0 Å². The molecule has 5 nitrogen and oxygen atoms in total. The Morgan fingerprint density at radius 3 is 2.56 bits per heavy atom. The molecule has 0 bridgehead atoms. The Balaban J connectivity index is 1.59.